The molecule has 7 nitrogen and oxygen atoms in total. The molecule has 2 rings (SSSR count). The molecule has 0 aromatic heterocycles. The molecule has 0 bridgehead atoms. The largest absolute Gasteiger partial charge is 0.492 e. The Balaban J connectivity index is 1.75. The van der Waals surface area contributed by atoms with Crippen LogP contribution in [0.3, 0.4) is 0 Å². The van der Waals surface area contributed by atoms with Crippen LogP contribution in [0.2, 0.25) is 10.0 Å². The van der Waals surface area contributed by atoms with Gasteiger partial charge in [-0.15, -0.1) is 0 Å². The van der Waals surface area contributed by atoms with Gasteiger partial charge in [-0.3, -0.25) is 14.9 Å². The zero-order valence-electron chi connectivity index (χ0n) is 14.2. The van der Waals surface area contributed by atoms with Gasteiger partial charge in [-0.2, -0.15) is 0 Å². The second kappa shape index (κ2) is 10.6. The molecule has 0 aliphatic carbocycles. The molecule has 0 fully saturated rings. The lowest BCUT2D eigenvalue weighted by Crippen LogP contribution is -2.34. The van der Waals surface area contributed by atoms with E-state index in [2.05, 4.69) is 26.6 Å². The fourth-order valence-electron chi connectivity index (χ4n) is 2.07. The molecule has 2 aromatic rings. The number of nitro benzene ring substituents is 1. The van der Waals surface area contributed by atoms with Crippen molar-refractivity contribution in [1.82, 2.24) is 5.32 Å². The lowest BCUT2D eigenvalue weighted by Gasteiger charge is -2.11. The summed E-state index contributed by atoms with van der Waals surface area (Å²) in [6, 6.07) is 9.06. The van der Waals surface area contributed by atoms with E-state index in [1.165, 1.54) is 18.2 Å². The van der Waals surface area contributed by atoms with Crippen LogP contribution in [0.5, 0.6) is 5.75 Å². The number of non-ortho nitro benzene ring substituents is 1. The molecule has 148 valence electrons. The van der Waals surface area contributed by atoms with E-state index in [1.807, 2.05) is 0 Å². The standard InChI is InChI=1S/C17H14BrCl2N3O4S/c18-12-9-11(23(25)26)4-5-14(12)21-17(28)22-16(24)2-1-7-27-15-6-3-10(19)8-13(15)20/h3-6,8-9H,1-2,7H2,(H2,21,22,24,28). The fourth-order valence-corrected chi connectivity index (χ4v) is 3.22. The molecule has 11 heteroatoms. The maximum absolute atomic E-state index is 12.0. The number of thiocarbonyl (C=S) groups is 1. The van der Waals surface area contributed by atoms with E-state index < -0.39 is 4.92 Å². The highest BCUT2D eigenvalue weighted by atomic mass is 79.9. The monoisotopic (exact) mass is 505 g/mol. The van der Waals surface area contributed by atoms with Gasteiger partial charge in [0.05, 0.1) is 22.2 Å². The number of ether oxygens (including phenoxy) is 1. The number of anilines is 1. The van der Waals surface area contributed by atoms with Crippen LogP contribution in [-0.2, 0) is 4.79 Å². The Bertz CT molecular complexity index is 914. The summed E-state index contributed by atoms with van der Waals surface area (Å²) in [5.41, 5.74) is 0.435. The molecule has 0 aliphatic rings. The van der Waals surface area contributed by atoms with Gasteiger partial charge in [0, 0.05) is 28.0 Å². The van der Waals surface area contributed by atoms with Crippen LogP contribution in [0.4, 0.5) is 11.4 Å². The Morgan fingerprint density at radius 1 is 1.25 bits per heavy atom. The quantitative estimate of drug-likeness (QED) is 0.228. The molecular formula is C17H14BrCl2N3O4S. The predicted molar refractivity (Wildman–Crippen MR) is 116 cm³/mol. The molecule has 0 spiro atoms. The first-order valence-corrected chi connectivity index (χ1v) is 9.84. The number of carbonyl (C=O) groups excluding carboxylic acids is 1. The van der Waals surface area contributed by atoms with Gasteiger partial charge in [-0.25, -0.2) is 0 Å². The first kappa shape index (κ1) is 22.4. The van der Waals surface area contributed by atoms with Gasteiger partial charge >= 0.3 is 0 Å². The van der Waals surface area contributed by atoms with Gasteiger partial charge in [0.15, 0.2) is 5.11 Å². The van der Waals surface area contributed by atoms with Crippen molar-refractivity contribution in [3.63, 3.8) is 0 Å². The molecule has 0 radical (unpaired) electrons. The maximum atomic E-state index is 12.0. The summed E-state index contributed by atoms with van der Waals surface area (Å²) >= 11 is 20.1. The van der Waals surface area contributed by atoms with Crippen LogP contribution in [-0.4, -0.2) is 22.5 Å². The Kier molecular flexibility index (Phi) is 8.43. The van der Waals surface area contributed by atoms with Crippen LogP contribution >= 0.6 is 51.3 Å². The summed E-state index contributed by atoms with van der Waals surface area (Å²) in [6.07, 6.45) is 0.642. The van der Waals surface area contributed by atoms with Gasteiger partial charge in [-0.1, -0.05) is 23.2 Å². The third kappa shape index (κ3) is 6.90. The highest BCUT2D eigenvalue weighted by molar-refractivity contribution is 9.10. The second-order valence-electron chi connectivity index (χ2n) is 5.45. The molecule has 0 saturated heterocycles. The molecular weight excluding hydrogens is 493 g/mol. The number of hydrogen-bond acceptors (Lipinski definition) is 5. The van der Waals surface area contributed by atoms with E-state index in [4.69, 9.17) is 40.2 Å². The smallest absolute Gasteiger partial charge is 0.270 e. The molecule has 0 heterocycles. The van der Waals surface area contributed by atoms with Crippen molar-refractivity contribution in [1.29, 1.82) is 0 Å². The number of nitrogens with zero attached hydrogens (tertiary/aromatic N) is 1. The molecule has 2 N–H and O–H groups in total. The minimum Gasteiger partial charge on any atom is -0.492 e. The van der Waals surface area contributed by atoms with E-state index in [0.717, 1.165) is 0 Å². The summed E-state index contributed by atoms with van der Waals surface area (Å²) in [6.45, 7) is 0.295. The topological polar surface area (TPSA) is 93.5 Å². The van der Waals surface area contributed by atoms with Crippen molar-refractivity contribution in [2.45, 2.75) is 12.8 Å². The van der Waals surface area contributed by atoms with Crippen molar-refractivity contribution >= 4 is 73.7 Å². The number of halogens is 3. The van der Waals surface area contributed by atoms with E-state index in [1.54, 1.807) is 18.2 Å². The highest BCUT2D eigenvalue weighted by Gasteiger charge is 2.11. The minimum absolute atomic E-state index is 0.0619. The summed E-state index contributed by atoms with van der Waals surface area (Å²) in [5.74, 6) is 0.202. The summed E-state index contributed by atoms with van der Waals surface area (Å²) in [7, 11) is 0. The SMILES string of the molecule is O=C(CCCOc1ccc(Cl)cc1Cl)NC(=S)Nc1ccc([N+](=O)[O-])cc1Br. The van der Waals surface area contributed by atoms with Crippen LogP contribution in [0, 0.1) is 10.1 Å². The van der Waals surface area contributed by atoms with Gasteiger partial charge in [0.2, 0.25) is 5.91 Å². The first-order valence-electron chi connectivity index (χ1n) is 7.89. The van der Waals surface area contributed by atoms with Crippen molar-refractivity contribution in [2.75, 3.05) is 11.9 Å². The Hall–Kier alpha value is -1.94. The third-order valence-corrected chi connectivity index (χ3v) is 4.75. The molecule has 28 heavy (non-hydrogen) atoms. The van der Waals surface area contributed by atoms with E-state index in [-0.39, 0.29) is 23.1 Å². The van der Waals surface area contributed by atoms with Gasteiger partial charge in [0.25, 0.3) is 5.69 Å². The van der Waals surface area contributed by atoms with E-state index in [0.29, 0.717) is 39.0 Å². The van der Waals surface area contributed by atoms with E-state index >= 15 is 0 Å². The zero-order chi connectivity index (χ0) is 20.7. The van der Waals surface area contributed by atoms with Gasteiger partial charge < -0.3 is 15.4 Å². The lowest BCUT2D eigenvalue weighted by atomic mass is 10.3. The predicted octanol–water partition coefficient (Wildman–Crippen LogP) is 5.34. The summed E-state index contributed by atoms with van der Waals surface area (Å²) in [4.78, 5) is 22.2. The minimum atomic E-state index is -0.506. The highest BCUT2D eigenvalue weighted by Crippen LogP contribution is 2.28. The molecule has 1 amide bonds. The zero-order valence-corrected chi connectivity index (χ0v) is 18.1. The Labute approximate surface area is 184 Å². The fraction of sp³-hybridized carbons (Fsp3) is 0.176. The molecule has 0 aliphatic heterocycles. The van der Waals surface area contributed by atoms with Crippen molar-refractivity contribution in [2.24, 2.45) is 0 Å². The number of amides is 1. The van der Waals surface area contributed by atoms with Crippen molar-refractivity contribution < 1.29 is 14.5 Å². The van der Waals surface area contributed by atoms with Crippen LogP contribution in [0.1, 0.15) is 12.8 Å². The number of nitro groups is 1. The summed E-state index contributed by atoms with van der Waals surface area (Å²) < 4.78 is 5.96. The number of rotatable bonds is 7. The van der Waals surface area contributed by atoms with Crippen LogP contribution in [0.25, 0.3) is 0 Å². The van der Waals surface area contributed by atoms with Crippen LogP contribution in [0.15, 0.2) is 40.9 Å². The average molecular weight is 507 g/mol. The van der Waals surface area contributed by atoms with Crippen molar-refractivity contribution in [3.8, 4) is 5.75 Å². The molecule has 0 atom stereocenters. The molecule has 0 unspecified atom stereocenters. The number of benzene rings is 2. The average Bonchev–Trinajstić information content (AvgIpc) is 2.61. The number of nitrogens with one attached hydrogen (secondary N) is 2. The normalized spacial score (nSPS) is 10.2. The number of carbonyl (C=O) groups is 1. The molecule has 2 aromatic carbocycles. The second-order valence-corrected chi connectivity index (χ2v) is 7.56. The van der Waals surface area contributed by atoms with Crippen LogP contribution < -0.4 is 15.4 Å². The Morgan fingerprint density at radius 3 is 2.64 bits per heavy atom. The van der Waals surface area contributed by atoms with Gasteiger partial charge in [-0.05, 0) is 58.8 Å². The first-order chi connectivity index (χ1) is 13.3. The molecule has 0 saturated carbocycles. The maximum Gasteiger partial charge on any atom is 0.270 e. The number of hydrogen-bond donors (Lipinski definition) is 2. The van der Waals surface area contributed by atoms with E-state index in [9.17, 15) is 14.9 Å². The summed E-state index contributed by atoms with van der Waals surface area (Å²) in [5, 5.41) is 17.1. The Morgan fingerprint density at radius 2 is 2.00 bits per heavy atom. The third-order valence-electron chi connectivity index (χ3n) is 3.36. The van der Waals surface area contributed by atoms with Crippen molar-refractivity contribution in [3.05, 3.63) is 61.0 Å². The lowest BCUT2D eigenvalue weighted by molar-refractivity contribution is -0.384. The van der Waals surface area contributed by atoms with Gasteiger partial charge in [0.1, 0.15) is 5.75 Å².